The molecule has 0 saturated heterocycles. The number of hydrogen-bond acceptors (Lipinski definition) is 2. The number of carboxylic acid groups (broad SMARTS) is 1. The Bertz CT molecular complexity index is 391. The van der Waals surface area contributed by atoms with E-state index in [9.17, 15) is 4.79 Å². The maximum Gasteiger partial charge on any atom is 0.335 e. The summed E-state index contributed by atoms with van der Waals surface area (Å²) in [6, 6.07) is 7.36. The fourth-order valence-electron chi connectivity index (χ4n) is 2.92. The van der Waals surface area contributed by atoms with Crippen molar-refractivity contribution in [2.24, 2.45) is 11.7 Å². The van der Waals surface area contributed by atoms with Gasteiger partial charge in [-0.15, -0.1) is 0 Å². The highest BCUT2D eigenvalue weighted by Gasteiger charge is 2.21. The Hall–Kier alpha value is -1.35. The van der Waals surface area contributed by atoms with Crippen LogP contribution in [0.4, 0.5) is 0 Å². The third kappa shape index (κ3) is 3.10. The van der Waals surface area contributed by atoms with Crippen molar-refractivity contribution >= 4 is 5.97 Å². The minimum atomic E-state index is -0.854. The molecule has 1 aromatic carbocycles. The lowest BCUT2D eigenvalue weighted by atomic mass is 9.77. The summed E-state index contributed by atoms with van der Waals surface area (Å²) in [6.07, 6.45) is 6.06. The molecule has 0 heterocycles. The van der Waals surface area contributed by atoms with Crippen LogP contribution in [0.5, 0.6) is 0 Å². The van der Waals surface area contributed by atoms with Gasteiger partial charge < -0.3 is 10.8 Å². The van der Waals surface area contributed by atoms with E-state index in [-0.39, 0.29) is 0 Å². The van der Waals surface area contributed by atoms with Crippen LogP contribution in [0.25, 0.3) is 0 Å². The predicted octanol–water partition coefficient (Wildman–Crippen LogP) is 3.01. The van der Waals surface area contributed by atoms with Gasteiger partial charge in [0.2, 0.25) is 0 Å². The Labute approximate surface area is 108 Å². The summed E-state index contributed by atoms with van der Waals surface area (Å²) >= 11 is 0. The summed E-state index contributed by atoms with van der Waals surface area (Å²) in [4.78, 5) is 10.8. The molecule has 0 aliphatic heterocycles. The second-order valence-corrected chi connectivity index (χ2v) is 5.22. The molecular formula is C15H21NO2. The van der Waals surface area contributed by atoms with Gasteiger partial charge in [-0.3, -0.25) is 0 Å². The first-order valence-corrected chi connectivity index (χ1v) is 6.74. The summed E-state index contributed by atoms with van der Waals surface area (Å²) < 4.78 is 0. The molecule has 1 fully saturated rings. The van der Waals surface area contributed by atoms with Gasteiger partial charge in [0.15, 0.2) is 0 Å². The summed E-state index contributed by atoms with van der Waals surface area (Å²) in [5, 5.41) is 8.87. The second kappa shape index (κ2) is 6.01. The molecule has 0 radical (unpaired) electrons. The van der Waals surface area contributed by atoms with Crippen LogP contribution >= 0.6 is 0 Å². The number of carbonyl (C=O) groups is 1. The molecule has 1 saturated carbocycles. The Balaban J connectivity index is 1.95. The summed E-state index contributed by atoms with van der Waals surface area (Å²) in [6.45, 7) is 0.794. The zero-order valence-electron chi connectivity index (χ0n) is 10.6. The molecule has 3 N–H and O–H groups in total. The Morgan fingerprint density at radius 3 is 2.28 bits per heavy atom. The summed E-state index contributed by atoms with van der Waals surface area (Å²) in [5.74, 6) is 0.541. The van der Waals surface area contributed by atoms with Gasteiger partial charge in [-0.1, -0.05) is 12.1 Å². The fraction of sp³-hybridized carbons (Fsp3) is 0.533. The molecule has 1 aromatic rings. The average molecular weight is 247 g/mol. The molecule has 1 aliphatic rings. The topological polar surface area (TPSA) is 63.3 Å². The van der Waals surface area contributed by atoms with Crippen molar-refractivity contribution in [1.82, 2.24) is 0 Å². The molecular weight excluding hydrogens is 226 g/mol. The molecule has 0 bridgehead atoms. The van der Waals surface area contributed by atoms with E-state index in [1.807, 2.05) is 12.1 Å². The van der Waals surface area contributed by atoms with Crippen LogP contribution in [-0.4, -0.2) is 17.6 Å². The smallest absolute Gasteiger partial charge is 0.335 e. The predicted molar refractivity (Wildman–Crippen MR) is 71.8 cm³/mol. The number of rotatable bonds is 4. The first kappa shape index (κ1) is 13.1. The molecule has 98 valence electrons. The van der Waals surface area contributed by atoms with Crippen LogP contribution in [-0.2, 0) is 0 Å². The van der Waals surface area contributed by atoms with Gasteiger partial charge in [0.05, 0.1) is 5.56 Å². The molecule has 18 heavy (non-hydrogen) atoms. The molecule has 0 amide bonds. The fourth-order valence-corrected chi connectivity index (χ4v) is 2.92. The van der Waals surface area contributed by atoms with E-state index in [0.717, 1.165) is 18.9 Å². The lowest BCUT2D eigenvalue weighted by Crippen LogP contribution is -2.16. The molecule has 3 heteroatoms. The van der Waals surface area contributed by atoms with Crippen LogP contribution in [0.1, 0.15) is 53.9 Å². The number of carboxylic acids is 1. The van der Waals surface area contributed by atoms with Crippen LogP contribution in [0.3, 0.4) is 0 Å². The highest BCUT2D eigenvalue weighted by molar-refractivity contribution is 5.87. The Kier molecular flexibility index (Phi) is 4.37. The van der Waals surface area contributed by atoms with Crippen molar-refractivity contribution in [3.05, 3.63) is 35.4 Å². The molecule has 1 aliphatic carbocycles. The van der Waals surface area contributed by atoms with Crippen molar-refractivity contribution in [2.45, 2.75) is 38.0 Å². The van der Waals surface area contributed by atoms with Crippen molar-refractivity contribution in [3.8, 4) is 0 Å². The summed E-state index contributed by atoms with van der Waals surface area (Å²) in [5.41, 5.74) is 7.25. The van der Waals surface area contributed by atoms with Gasteiger partial charge in [0, 0.05) is 0 Å². The van der Waals surface area contributed by atoms with Gasteiger partial charge >= 0.3 is 5.97 Å². The highest BCUT2D eigenvalue weighted by Crippen LogP contribution is 2.36. The van der Waals surface area contributed by atoms with Gasteiger partial charge in [0.1, 0.15) is 0 Å². The zero-order valence-corrected chi connectivity index (χ0v) is 10.6. The quantitative estimate of drug-likeness (QED) is 0.859. The molecule has 0 spiro atoms. The van der Waals surface area contributed by atoms with E-state index in [2.05, 4.69) is 0 Å². The lowest BCUT2D eigenvalue weighted by Gasteiger charge is -2.28. The molecule has 0 atom stereocenters. The van der Waals surface area contributed by atoms with E-state index in [0.29, 0.717) is 11.5 Å². The molecule has 0 aromatic heterocycles. The minimum Gasteiger partial charge on any atom is -0.478 e. The largest absolute Gasteiger partial charge is 0.478 e. The zero-order chi connectivity index (χ0) is 13.0. The third-order valence-corrected chi connectivity index (χ3v) is 4.05. The van der Waals surface area contributed by atoms with Crippen molar-refractivity contribution in [2.75, 3.05) is 6.54 Å². The Morgan fingerprint density at radius 1 is 1.17 bits per heavy atom. The van der Waals surface area contributed by atoms with Crippen LogP contribution in [0, 0.1) is 5.92 Å². The van der Waals surface area contributed by atoms with Gasteiger partial charge in [-0.2, -0.15) is 0 Å². The second-order valence-electron chi connectivity index (χ2n) is 5.22. The molecule has 2 rings (SSSR count). The van der Waals surface area contributed by atoms with Crippen molar-refractivity contribution in [3.63, 3.8) is 0 Å². The SMILES string of the molecule is NCCC1CCC(c2ccc(C(=O)O)cc2)CC1. The van der Waals surface area contributed by atoms with Crippen molar-refractivity contribution < 1.29 is 9.90 Å². The van der Waals surface area contributed by atoms with E-state index >= 15 is 0 Å². The van der Waals surface area contributed by atoms with Gasteiger partial charge in [-0.25, -0.2) is 4.79 Å². The summed E-state index contributed by atoms with van der Waals surface area (Å²) in [7, 11) is 0. The number of nitrogens with two attached hydrogens (primary N) is 1. The van der Waals surface area contributed by atoms with Crippen LogP contribution in [0.2, 0.25) is 0 Å². The maximum absolute atomic E-state index is 10.8. The normalized spacial score (nSPS) is 23.8. The first-order chi connectivity index (χ1) is 8.70. The minimum absolute atomic E-state index is 0.371. The highest BCUT2D eigenvalue weighted by atomic mass is 16.4. The van der Waals surface area contributed by atoms with Crippen LogP contribution in [0.15, 0.2) is 24.3 Å². The van der Waals surface area contributed by atoms with Gasteiger partial charge in [0.25, 0.3) is 0 Å². The number of aromatic carboxylic acids is 1. The monoisotopic (exact) mass is 247 g/mol. The number of hydrogen-bond donors (Lipinski definition) is 2. The molecule has 3 nitrogen and oxygen atoms in total. The maximum atomic E-state index is 10.8. The van der Waals surface area contributed by atoms with Crippen LogP contribution < -0.4 is 5.73 Å². The Morgan fingerprint density at radius 2 is 1.78 bits per heavy atom. The van der Waals surface area contributed by atoms with Crippen molar-refractivity contribution in [1.29, 1.82) is 0 Å². The average Bonchev–Trinajstić information content (AvgIpc) is 2.40. The standard InChI is InChI=1S/C15H21NO2/c16-10-9-11-1-3-12(4-2-11)13-5-7-14(8-6-13)15(17)18/h5-8,11-12H,1-4,9-10,16H2,(H,17,18). The molecule has 0 unspecified atom stereocenters. The first-order valence-electron chi connectivity index (χ1n) is 6.74. The van der Waals surface area contributed by atoms with E-state index < -0.39 is 5.97 Å². The lowest BCUT2D eigenvalue weighted by molar-refractivity contribution is 0.0697. The van der Waals surface area contributed by atoms with E-state index in [1.54, 1.807) is 12.1 Å². The van der Waals surface area contributed by atoms with E-state index in [1.165, 1.54) is 31.2 Å². The third-order valence-electron chi connectivity index (χ3n) is 4.05. The van der Waals surface area contributed by atoms with Gasteiger partial charge in [-0.05, 0) is 68.2 Å². The van der Waals surface area contributed by atoms with E-state index in [4.69, 9.17) is 10.8 Å². The number of benzene rings is 1.